The molecular formula is C17H15N5O2S. The number of thioether (sulfide) groups is 1. The SMILES string of the molecule is C[C@H](Sc1nnc2ccccn12)C(=O)N1CC(=O)Nc2ccccc21. The molecule has 1 aliphatic rings. The summed E-state index contributed by atoms with van der Waals surface area (Å²) in [4.78, 5) is 26.4. The number of rotatable bonds is 3. The molecule has 0 saturated carbocycles. The number of para-hydroxylation sites is 2. The van der Waals surface area contributed by atoms with Crippen LogP contribution >= 0.6 is 11.8 Å². The number of amides is 2. The van der Waals surface area contributed by atoms with Crippen LogP contribution in [-0.4, -0.2) is 38.2 Å². The zero-order chi connectivity index (χ0) is 17.4. The Balaban J connectivity index is 1.59. The fourth-order valence-corrected chi connectivity index (χ4v) is 3.66. The second-order valence-electron chi connectivity index (χ2n) is 5.66. The molecule has 3 aromatic rings. The highest BCUT2D eigenvalue weighted by atomic mass is 32.2. The molecule has 2 aromatic heterocycles. The molecule has 0 saturated heterocycles. The van der Waals surface area contributed by atoms with Crippen molar-refractivity contribution in [1.82, 2.24) is 14.6 Å². The van der Waals surface area contributed by atoms with E-state index in [4.69, 9.17) is 0 Å². The molecule has 0 aliphatic carbocycles. The average Bonchev–Trinajstić information content (AvgIpc) is 3.03. The summed E-state index contributed by atoms with van der Waals surface area (Å²) in [6.45, 7) is 1.83. The Morgan fingerprint density at radius 3 is 2.88 bits per heavy atom. The summed E-state index contributed by atoms with van der Waals surface area (Å²) in [6, 6.07) is 12.9. The number of benzene rings is 1. The fourth-order valence-electron chi connectivity index (χ4n) is 2.76. The predicted molar refractivity (Wildman–Crippen MR) is 95.7 cm³/mol. The molecule has 25 heavy (non-hydrogen) atoms. The van der Waals surface area contributed by atoms with E-state index in [1.807, 2.05) is 53.9 Å². The molecule has 0 fully saturated rings. The van der Waals surface area contributed by atoms with Gasteiger partial charge in [0, 0.05) is 6.20 Å². The summed E-state index contributed by atoms with van der Waals surface area (Å²) in [6.07, 6.45) is 1.86. The Labute approximate surface area is 148 Å². The summed E-state index contributed by atoms with van der Waals surface area (Å²) >= 11 is 1.32. The van der Waals surface area contributed by atoms with E-state index in [9.17, 15) is 9.59 Å². The van der Waals surface area contributed by atoms with Crippen molar-refractivity contribution < 1.29 is 9.59 Å². The standard InChI is InChI=1S/C17H15N5O2S/c1-11(25-17-20-19-14-8-4-5-9-21(14)17)16(24)22-10-15(23)18-12-6-2-3-7-13(12)22/h2-9,11H,10H2,1H3,(H,18,23)/t11-/m0/s1. The maximum Gasteiger partial charge on any atom is 0.244 e. The highest BCUT2D eigenvalue weighted by Gasteiger charge is 2.30. The molecule has 1 atom stereocenters. The Morgan fingerprint density at radius 1 is 1.20 bits per heavy atom. The molecule has 0 bridgehead atoms. The van der Waals surface area contributed by atoms with E-state index < -0.39 is 5.25 Å². The lowest BCUT2D eigenvalue weighted by atomic mass is 10.2. The topological polar surface area (TPSA) is 79.6 Å². The monoisotopic (exact) mass is 353 g/mol. The van der Waals surface area contributed by atoms with Gasteiger partial charge in [0.25, 0.3) is 0 Å². The van der Waals surface area contributed by atoms with Crippen LogP contribution in [0.15, 0.2) is 53.8 Å². The number of nitrogens with zero attached hydrogens (tertiary/aromatic N) is 4. The van der Waals surface area contributed by atoms with Gasteiger partial charge in [-0.3, -0.25) is 18.9 Å². The van der Waals surface area contributed by atoms with Gasteiger partial charge in [-0.15, -0.1) is 10.2 Å². The quantitative estimate of drug-likeness (QED) is 0.730. The fraction of sp³-hybridized carbons (Fsp3) is 0.176. The minimum Gasteiger partial charge on any atom is -0.323 e. The van der Waals surface area contributed by atoms with Crippen LogP contribution in [-0.2, 0) is 9.59 Å². The Morgan fingerprint density at radius 2 is 2.00 bits per heavy atom. The number of carbonyl (C=O) groups is 2. The van der Waals surface area contributed by atoms with Crippen LogP contribution in [0.2, 0.25) is 0 Å². The second-order valence-corrected chi connectivity index (χ2v) is 6.97. The van der Waals surface area contributed by atoms with E-state index >= 15 is 0 Å². The number of anilines is 2. The smallest absolute Gasteiger partial charge is 0.244 e. The highest BCUT2D eigenvalue weighted by molar-refractivity contribution is 8.00. The molecule has 1 N–H and O–H groups in total. The molecule has 0 spiro atoms. The predicted octanol–water partition coefficient (Wildman–Crippen LogP) is 2.20. The van der Waals surface area contributed by atoms with Crippen molar-refractivity contribution in [3.05, 3.63) is 48.7 Å². The maximum absolute atomic E-state index is 12.9. The first-order valence-electron chi connectivity index (χ1n) is 7.80. The van der Waals surface area contributed by atoms with E-state index in [1.165, 1.54) is 16.7 Å². The Bertz CT molecular complexity index is 970. The van der Waals surface area contributed by atoms with Gasteiger partial charge in [0.1, 0.15) is 6.54 Å². The van der Waals surface area contributed by atoms with E-state index in [0.717, 1.165) is 5.65 Å². The van der Waals surface area contributed by atoms with Gasteiger partial charge in [0.2, 0.25) is 11.8 Å². The van der Waals surface area contributed by atoms with Gasteiger partial charge < -0.3 is 5.32 Å². The van der Waals surface area contributed by atoms with Gasteiger partial charge in [0.05, 0.1) is 16.6 Å². The Kier molecular flexibility index (Phi) is 3.89. The largest absolute Gasteiger partial charge is 0.323 e. The van der Waals surface area contributed by atoms with E-state index in [-0.39, 0.29) is 18.4 Å². The molecule has 1 aliphatic heterocycles. The van der Waals surface area contributed by atoms with Crippen LogP contribution in [0.3, 0.4) is 0 Å². The zero-order valence-corrected chi connectivity index (χ0v) is 14.2. The molecule has 3 heterocycles. The minimum absolute atomic E-state index is 0.0152. The molecule has 126 valence electrons. The van der Waals surface area contributed by atoms with Crippen LogP contribution < -0.4 is 10.2 Å². The van der Waals surface area contributed by atoms with Gasteiger partial charge in [-0.25, -0.2) is 0 Å². The summed E-state index contributed by atoms with van der Waals surface area (Å²) in [5.74, 6) is -0.336. The van der Waals surface area contributed by atoms with Crippen molar-refractivity contribution in [2.75, 3.05) is 16.8 Å². The third kappa shape index (κ3) is 2.85. The molecule has 4 rings (SSSR count). The molecule has 1 aromatic carbocycles. The van der Waals surface area contributed by atoms with Gasteiger partial charge in [-0.2, -0.15) is 0 Å². The lowest BCUT2D eigenvalue weighted by Gasteiger charge is -2.30. The first kappa shape index (κ1) is 15.6. The molecular weight excluding hydrogens is 338 g/mol. The third-order valence-electron chi connectivity index (χ3n) is 3.95. The number of fused-ring (bicyclic) bond motifs is 2. The summed E-state index contributed by atoms with van der Waals surface area (Å²) in [5, 5.41) is 11.3. The van der Waals surface area contributed by atoms with Crippen molar-refractivity contribution in [3.63, 3.8) is 0 Å². The normalized spacial score (nSPS) is 14.9. The van der Waals surface area contributed by atoms with E-state index in [0.29, 0.717) is 16.5 Å². The maximum atomic E-state index is 12.9. The summed E-state index contributed by atoms with van der Waals surface area (Å²) in [7, 11) is 0. The minimum atomic E-state index is -0.411. The lowest BCUT2D eigenvalue weighted by molar-refractivity contribution is -0.121. The van der Waals surface area contributed by atoms with E-state index in [2.05, 4.69) is 15.5 Å². The van der Waals surface area contributed by atoms with Crippen molar-refractivity contribution in [1.29, 1.82) is 0 Å². The van der Waals surface area contributed by atoms with Crippen LogP contribution in [0.1, 0.15) is 6.92 Å². The molecule has 7 nitrogen and oxygen atoms in total. The van der Waals surface area contributed by atoms with Gasteiger partial charge >= 0.3 is 0 Å². The molecule has 0 radical (unpaired) electrons. The number of hydrogen-bond acceptors (Lipinski definition) is 5. The zero-order valence-electron chi connectivity index (χ0n) is 13.4. The molecule has 2 amide bonds. The van der Waals surface area contributed by atoms with Crippen molar-refractivity contribution in [2.45, 2.75) is 17.3 Å². The first-order chi connectivity index (χ1) is 12.1. The van der Waals surface area contributed by atoms with Crippen molar-refractivity contribution >= 4 is 40.6 Å². The van der Waals surface area contributed by atoms with Gasteiger partial charge in [0.15, 0.2) is 10.8 Å². The van der Waals surface area contributed by atoms with Crippen LogP contribution in [0.5, 0.6) is 0 Å². The number of aromatic nitrogens is 3. The second kappa shape index (κ2) is 6.21. The molecule has 0 unspecified atom stereocenters. The lowest BCUT2D eigenvalue weighted by Crippen LogP contribution is -2.45. The highest BCUT2D eigenvalue weighted by Crippen LogP contribution is 2.31. The number of carbonyl (C=O) groups excluding carboxylic acids is 2. The van der Waals surface area contributed by atoms with Crippen molar-refractivity contribution in [2.24, 2.45) is 0 Å². The van der Waals surface area contributed by atoms with Crippen molar-refractivity contribution in [3.8, 4) is 0 Å². The van der Waals surface area contributed by atoms with Crippen LogP contribution in [0, 0.1) is 0 Å². The number of nitrogens with one attached hydrogen (secondary N) is 1. The van der Waals surface area contributed by atoms with Gasteiger partial charge in [-0.1, -0.05) is 30.0 Å². The number of pyridine rings is 1. The third-order valence-corrected chi connectivity index (χ3v) is 4.99. The van der Waals surface area contributed by atoms with E-state index in [1.54, 1.807) is 6.07 Å². The van der Waals surface area contributed by atoms with Crippen LogP contribution in [0.25, 0.3) is 5.65 Å². The molecule has 8 heteroatoms. The summed E-state index contributed by atoms with van der Waals surface area (Å²) < 4.78 is 1.84. The Hall–Kier alpha value is -2.87. The number of hydrogen-bond donors (Lipinski definition) is 1. The van der Waals surface area contributed by atoms with Gasteiger partial charge in [-0.05, 0) is 31.2 Å². The average molecular weight is 353 g/mol. The first-order valence-corrected chi connectivity index (χ1v) is 8.68. The van der Waals surface area contributed by atoms with Crippen LogP contribution in [0.4, 0.5) is 11.4 Å². The summed E-state index contributed by atoms with van der Waals surface area (Å²) in [5.41, 5.74) is 2.09.